The average Bonchev–Trinajstić information content (AvgIpc) is 2.50. The highest BCUT2D eigenvalue weighted by atomic mass is 16.5. The van der Waals surface area contributed by atoms with E-state index in [1.165, 1.54) is 5.39 Å². The van der Waals surface area contributed by atoms with Gasteiger partial charge in [0.25, 0.3) is 0 Å². The molecule has 0 aliphatic rings. The van der Waals surface area contributed by atoms with Crippen LogP contribution >= 0.6 is 0 Å². The van der Waals surface area contributed by atoms with Gasteiger partial charge in [-0.2, -0.15) is 0 Å². The van der Waals surface area contributed by atoms with Crippen molar-refractivity contribution in [3.05, 3.63) is 48.0 Å². The summed E-state index contributed by atoms with van der Waals surface area (Å²) in [7, 11) is 0. The number of amides is 1. The summed E-state index contributed by atoms with van der Waals surface area (Å²) in [6.07, 6.45) is 0.0349. The largest absolute Gasteiger partial charge is 0.369 e. The summed E-state index contributed by atoms with van der Waals surface area (Å²) in [5.74, 6) is -0.146. The molecule has 4 heteroatoms. The third-order valence-electron chi connectivity index (χ3n) is 3.29. The third kappa shape index (κ3) is 4.28. The van der Waals surface area contributed by atoms with E-state index in [0.29, 0.717) is 6.54 Å². The molecule has 0 radical (unpaired) electrons. The standard InChI is InChI=1S/C17H22N2O2/c1-12(2)21-11-17(20)19-16(10-18)15-8-7-13-5-3-4-6-14(13)9-15/h3-9,12,16H,10-11,18H2,1-2H3,(H,19,20). The molecule has 1 unspecified atom stereocenters. The van der Waals surface area contributed by atoms with Crippen molar-refractivity contribution in [1.82, 2.24) is 5.32 Å². The van der Waals surface area contributed by atoms with Gasteiger partial charge >= 0.3 is 0 Å². The molecule has 4 nitrogen and oxygen atoms in total. The molecule has 0 saturated carbocycles. The first-order chi connectivity index (χ1) is 10.1. The van der Waals surface area contributed by atoms with Gasteiger partial charge in [-0.15, -0.1) is 0 Å². The van der Waals surface area contributed by atoms with Crippen LogP contribution < -0.4 is 11.1 Å². The fraction of sp³-hybridized carbons (Fsp3) is 0.353. The molecule has 0 aliphatic carbocycles. The zero-order chi connectivity index (χ0) is 15.2. The van der Waals surface area contributed by atoms with Crippen LogP contribution in [0.4, 0.5) is 0 Å². The van der Waals surface area contributed by atoms with Gasteiger partial charge in [-0.3, -0.25) is 4.79 Å². The Labute approximate surface area is 125 Å². The van der Waals surface area contributed by atoms with E-state index < -0.39 is 0 Å². The minimum absolute atomic E-state index is 0.0349. The first-order valence-electron chi connectivity index (χ1n) is 7.20. The van der Waals surface area contributed by atoms with Crippen LogP contribution in [-0.2, 0) is 9.53 Å². The number of rotatable bonds is 6. The van der Waals surface area contributed by atoms with Crippen LogP contribution in [0.25, 0.3) is 10.8 Å². The molecule has 2 rings (SSSR count). The van der Waals surface area contributed by atoms with E-state index in [9.17, 15) is 4.79 Å². The second kappa shape index (κ2) is 7.20. The number of carbonyl (C=O) groups is 1. The number of ether oxygens (including phenoxy) is 1. The molecule has 0 fully saturated rings. The Kier molecular flexibility index (Phi) is 5.31. The van der Waals surface area contributed by atoms with E-state index in [0.717, 1.165) is 10.9 Å². The first-order valence-corrected chi connectivity index (χ1v) is 7.20. The lowest BCUT2D eigenvalue weighted by molar-refractivity contribution is -0.127. The lowest BCUT2D eigenvalue weighted by atomic mass is 10.0. The Balaban J connectivity index is 2.10. The zero-order valence-electron chi connectivity index (χ0n) is 12.5. The molecule has 1 atom stereocenters. The van der Waals surface area contributed by atoms with Crippen molar-refractivity contribution in [3.8, 4) is 0 Å². The SMILES string of the molecule is CC(C)OCC(=O)NC(CN)c1ccc2ccccc2c1. The second-order valence-electron chi connectivity index (χ2n) is 5.32. The van der Waals surface area contributed by atoms with Gasteiger partial charge in [0.2, 0.25) is 5.91 Å². The molecule has 0 saturated heterocycles. The Morgan fingerprint density at radius 1 is 1.19 bits per heavy atom. The van der Waals surface area contributed by atoms with Crippen LogP contribution in [0.2, 0.25) is 0 Å². The maximum absolute atomic E-state index is 11.9. The molecule has 1 amide bonds. The van der Waals surface area contributed by atoms with Crippen LogP contribution in [0.1, 0.15) is 25.5 Å². The summed E-state index contributed by atoms with van der Waals surface area (Å²) in [4.78, 5) is 11.9. The first kappa shape index (κ1) is 15.5. The van der Waals surface area contributed by atoms with Gasteiger partial charge in [0.05, 0.1) is 12.1 Å². The van der Waals surface area contributed by atoms with E-state index in [1.807, 2.05) is 38.1 Å². The number of fused-ring (bicyclic) bond motifs is 1. The summed E-state index contributed by atoms with van der Waals surface area (Å²) >= 11 is 0. The van der Waals surface area contributed by atoms with Crippen LogP contribution in [0.3, 0.4) is 0 Å². The number of benzene rings is 2. The van der Waals surface area contributed by atoms with Crippen molar-refractivity contribution in [2.24, 2.45) is 5.73 Å². The number of hydrogen-bond acceptors (Lipinski definition) is 3. The Morgan fingerprint density at radius 2 is 1.90 bits per heavy atom. The topological polar surface area (TPSA) is 64.3 Å². The Morgan fingerprint density at radius 3 is 2.57 bits per heavy atom. The van der Waals surface area contributed by atoms with E-state index in [2.05, 4.69) is 23.5 Å². The van der Waals surface area contributed by atoms with Gasteiger partial charge in [0.15, 0.2) is 0 Å². The summed E-state index contributed by atoms with van der Waals surface area (Å²) in [6.45, 7) is 4.21. The normalized spacial score (nSPS) is 12.6. The number of carbonyl (C=O) groups excluding carboxylic acids is 1. The minimum atomic E-state index is -0.196. The van der Waals surface area contributed by atoms with Crippen molar-refractivity contribution in [2.45, 2.75) is 26.0 Å². The molecular weight excluding hydrogens is 264 g/mol. The van der Waals surface area contributed by atoms with E-state index in [-0.39, 0.29) is 24.7 Å². The molecule has 3 N–H and O–H groups in total. The summed E-state index contributed by atoms with van der Waals surface area (Å²) in [5.41, 5.74) is 6.81. The van der Waals surface area contributed by atoms with Crippen LogP contribution in [0.15, 0.2) is 42.5 Å². The third-order valence-corrected chi connectivity index (χ3v) is 3.29. The van der Waals surface area contributed by atoms with Gasteiger partial charge < -0.3 is 15.8 Å². The fourth-order valence-electron chi connectivity index (χ4n) is 2.18. The second-order valence-corrected chi connectivity index (χ2v) is 5.32. The van der Waals surface area contributed by atoms with Gasteiger partial charge in [0.1, 0.15) is 6.61 Å². The highest BCUT2D eigenvalue weighted by Gasteiger charge is 2.13. The van der Waals surface area contributed by atoms with Gasteiger partial charge in [-0.25, -0.2) is 0 Å². The molecule has 0 aliphatic heterocycles. The number of nitrogens with one attached hydrogen (secondary N) is 1. The average molecular weight is 286 g/mol. The fourth-order valence-corrected chi connectivity index (χ4v) is 2.18. The van der Waals surface area contributed by atoms with Crippen molar-refractivity contribution in [1.29, 1.82) is 0 Å². The summed E-state index contributed by atoms with van der Waals surface area (Å²) in [5, 5.41) is 5.23. The number of hydrogen-bond donors (Lipinski definition) is 2. The van der Waals surface area contributed by atoms with Crippen LogP contribution in [-0.4, -0.2) is 25.2 Å². The van der Waals surface area contributed by atoms with Crippen LogP contribution in [0, 0.1) is 0 Å². The number of nitrogens with two attached hydrogens (primary N) is 1. The maximum Gasteiger partial charge on any atom is 0.246 e. The molecule has 0 heterocycles. The lowest BCUT2D eigenvalue weighted by Crippen LogP contribution is -2.36. The Hall–Kier alpha value is -1.91. The van der Waals surface area contributed by atoms with Gasteiger partial charge in [-0.1, -0.05) is 36.4 Å². The van der Waals surface area contributed by atoms with E-state index in [4.69, 9.17) is 10.5 Å². The lowest BCUT2D eigenvalue weighted by Gasteiger charge is -2.18. The molecule has 2 aromatic rings. The van der Waals surface area contributed by atoms with Crippen molar-refractivity contribution in [3.63, 3.8) is 0 Å². The summed E-state index contributed by atoms with van der Waals surface area (Å²) in [6, 6.07) is 14.0. The zero-order valence-corrected chi connectivity index (χ0v) is 12.5. The quantitative estimate of drug-likeness (QED) is 0.857. The highest BCUT2D eigenvalue weighted by Crippen LogP contribution is 2.20. The monoisotopic (exact) mass is 286 g/mol. The molecule has 0 bridgehead atoms. The van der Waals surface area contributed by atoms with E-state index >= 15 is 0 Å². The van der Waals surface area contributed by atoms with Crippen molar-refractivity contribution < 1.29 is 9.53 Å². The van der Waals surface area contributed by atoms with Gasteiger partial charge in [-0.05, 0) is 36.2 Å². The maximum atomic E-state index is 11.9. The molecular formula is C17H22N2O2. The predicted molar refractivity (Wildman–Crippen MR) is 85.0 cm³/mol. The minimum Gasteiger partial charge on any atom is -0.369 e. The molecule has 2 aromatic carbocycles. The Bertz CT molecular complexity index is 611. The van der Waals surface area contributed by atoms with Crippen molar-refractivity contribution >= 4 is 16.7 Å². The predicted octanol–water partition coefficient (Wildman–Crippen LogP) is 2.38. The van der Waals surface area contributed by atoms with Crippen LogP contribution in [0.5, 0.6) is 0 Å². The van der Waals surface area contributed by atoms with Crippen molar-refractivity contribution in [2.75, 3.05) is 13.2 Å². The van der Waals surface area contributed by atoms with Gasteiger partial charge in [0, 0.05) is 6.54 Å². The molecule has 112 valence electrons. The molecule has 0 spiro atoms. The molecule has 21 heavy (non-hydrogen) atoms. The highest BCUT2D eigenvalue weighted by molar-refractivity contribution is 5.83. The smallest absolute Gasteiger partial charge is 0.246 e. The molecule has 0 aromatic heterocycles. The van der Waals surface area contributed by atoms with E-state index in [1.54, 1.807) is 0 Å². The summed E-state index contributed by atoms with van der Waals surface area (Å²) < 4.78 is 5.30.